The number of hydrogen-bond donors (Lipinski definition) is 2. The molecular formula is C19H23FN2O4S. The van der Waals surface area contributed by atoms with Crippen molar-refractivity contribution >= 4 is 16.0 Å². The lowest BCUT2D eigenvalue weighted by atomic mass is 9.94. The van der Waals surface area contributed by atoms with E-state index in [0.717, 1.165) is 30.5 Å². The maximum absolute atomic E-state index is 13.0. The summed E-state index contributed by atoms with van der Waals surface area (Å²) < 4.78 is 40.4. The highest BCUT2D eigenvalue weighted by molar-refractivity contribution is 7.89. The van der Waals surface area contributed by atoms with Crippen LogP contribution in [0.5, 0.6) is 0 Å². The van der Waals surface area contributed by atoms with Crippen molar-refractivity contribution in [3.8, 4) is 0 Å². The molecule has 27 heavy (non-hydrogen) atoms. The Morgan fingerprint density at radius 3 is 2.52 bits per heavy atom. The third-order valence-electron chi connectivity index (χ3n) is 4.24. The van der Waals surface area contributed by atoms with E-state index in [2.05, 4.69) is 9.71 Å². The highest BCUT2D eigenvalue weighted by Crippen LogP contribution is 2.22. The van der Waals surface area contributed by atoms with Crippen LogP contribution in [0.15, 0.2) is 53.7 Å². The second kappa shape index (κ2) is 10.1. The van der Waals surface area contributed by atoms with Crippen molar-refractivity contribution in [1.82, 2.24) is 9.71 Å². The first-order valence-corrected chi connectivity index (χ1v) is 10.2. The zero-order valence-corrected chi connectivity index (χ0v) is 15.7. The number of unbranched alkanes of at least 4 members (excludes halogenated alkanes) is 2. The molecule has 6 nitrogen and oxygen atoms in total. The maximum atomic E-state index is 13.0. The molecule has 1 aromatic carbocycles. The number of sulfonamides is 1. The fourth-order valence-electron chi connectivity index (χ4n) is 2.76. The lowest BCUT2D eigenvalue weighted by molar-refractivity contribution is -0.137. The van der Waals surface area contributed by atoms with Gasteiger partial charge in [0.25, 0.3) is 0 Å². The van der Waals surface area contributed by atoms with Gasteiger partial charge < -0.3 is 5.11 Å². The number of pyridine rings is 1. The van der Waals surface area contributed by atoms with Crippen molar-refractivity contribution in [2.24, 2.45) is 0 Å². The van der Waals surface area contributed by atoms with Crippen molar-refractivity contribution < 1.29 is 22.7 Å². The summed E-state index contributed by atoms with van der Waals surface area (Å²) in [6.45, 7) is 0.185. The summed E-state index contributed by atoms with van der Waals surface area (Å²) in [5, 5.41) is 8.69. The lowest BCUT2D eigenvalue weighted by Gasteiger charge is -2.18. The van der Waals surface area contributed by atoms with E-state index in [1.165, 1.54) is 12.1 Å². The van der Waals surface area contributed by atoms with E-state index in [1.807, 2.05) is 6.07 Å². The van der Waals surface area contributed by atoms with Crippen LogP contribution in [0.4, 0.5) is 4.39 Å². The molecule has 1 aromatic heterocycles. The standard InChI is InChI=1S/C19H23FN2O4S/c20-17-8-10-18(11-9-17)27(25,26)22-14-16(15-6-4-12-21-13-15)5-2-1-3-7-19(23)24/h4,6,8-13,16,22H,1-3,5,7,14H2,(H,23,24). The van der Waals surface area contributed by atoms with E-state index >= 15 is 0 Å². The predicted molar refractivity (Wildman–Crippen MR) is 99.3 cm³/mol. The molecule has 2 rings (SSSR count). The third-order valence-corrected chi connectivity index (χ3v) is 5.68. The topological polar surface area (TPSA) is 96.4 Å². The molecular weight excluding hydrogens is 371 g/mol. The second-order valence-electron chi connectivity index (χ2n) is 6.28. The molecule has 0 saturated heterocycles. The van der Waals surface area contributed by atoms with Crippen molar-refractivity contribution in [2.75, 3.05) is 6.54 Å². The van der Waals surface area contributed by atoms with E-state index in [4.69, 9.17) is 5.11 Å². The second-order valence-corrected chi connectivity index (χ2v) is 8.05. The molecule has 2 aromatic rings. The van der Waals surface area contributed by atoms with Gasteiger partial charge in [0, 0.05) is 25.4 Å². The number of carboxylic acid groups (broad SMARTS) is 1. The molecule has 1 heterocycles. The van der Waals surface area contributed by atoms with Gasteiger partial charge in [-0.2, -0.15) is 0 Å². The van der Waals surface area contributed by atoms with Crippen LogP contribution in [0.3, 0.4) is 0 Å². The van der Waals surface area contributed by atoms with Crippen LogP contribution < -0.4 is 4.72 Å². The molecule has 0 bridgehead atoms. The van der Waals surface area contributed by atoms with Crippen molar-refractivity contribution in [2.45, 2.75) is 42.9 Å². The van der Waals surface area contributed by atoms with Crippen LogP contribution in [0.2, 0.25) is 0 Å². The number of carboxylic acids is 1. The summed E-state index contributed by atoms with van der Waals surface area (Å²) >= 11 is 0. The highest BCUT2D eigenvalue weighted by atomic mass is 32.2. The van der Waals surface area contributed by atoms with Gasteiger partial charge in [-0.05, 0) is 54.7 Å². The maximum Gasteiger partial charge on any atom is 0.303 e. The lowest BCUT2D eigenvalue weighted by Crippen LogP contribution is -2.28. The number of aromatic nitrogens is 1. The molecule has 0 fully saturated rings. The minimum atomic E-state index is -3.74. The number of nitrogens with zero attached hydrogens (tertiary/aromatic N) is 1. The molecule has 0 spiro atoms. The first kappa shape index (κ1) is 21.0. The Balaban J connectivity index is 1.99. The van der Waals surface area contributed by atoms with Gasteiger partial charge in [0.1, 0.15) is 5.82 Å². The summed E-state index contributed by atoms with van der Waals surface area (Å²) in [6.07, 6.45) is 6.32. The Labute approximate surface area is 158 Å². The minimum Gasteiger partial charge on any atom is -0.481 e. The molecule has 0 aliphatic heterocycles. The van der Waals surface area contributed by atoms with E-state index in [1.54, 1.807) is 18.5 Å². The molecule has 8 heteroatoms. The Bertz CT molecular complexity index is 827. The zero-order chi connectivity index (χ0) is 19.7. The van der Waals surface area contributed by atoms with Crippen molar-refractivity contribution in [1.29, 1.82) is 0 Å². The third kappa shape index (κ3) is 7.07. The molecule has 1 atom stereocenters. The fraction of sp³-hybridized carbons (Fsp3) is 0.368. The SMILES string of the molecule is O=C(O)CCCCCC(CNS(=O)(=O)c1ccc(F)cc1)c1cccnc1. The highest BCUT2D eigenvalue weighted by Gasteiger charge is 2.18. The van der Waals surface area contributed by atoms with Gasteiger partial charge in [-0.25, -0.2) is 17.5 Å². The molecule has 0 saturated carbocycles. The van der Waals surface area contributed by atoms with Gasteiger partial charge >= 0.3 is 5.97 Å². The van der Waals surface area contributed by atoms with E-state index in [9.17, 15) is 17.6 Å². The number of rotatable bonds is 11. The van der Waals surface area contributed by atoms with Crippen molar-refractivity contribution in [3.05, 3.63) is 60.2 Å². The van der Waals surface area contributed by atoms with E-state index in [-0.39, 0.29) is 23.8 Å². The monoisotopic (exact) mass is 394 g/mol. The Morgan fingerprint density at radius 1 is 1.15 bits per heavy atom. The van der Waals surface area contributed by atoms with Gasteiger partial charge in [-0.1, -0.05) is 18.9 Å². The number of halogens is 1. The Kier molecular flexibility index (Phi) is 7.87. The molecule has 1 unspecified atom stereocenters. The van der Waals surface area contributed by atoms with Gasteiger partial charge in [0.2, 0.25) is 10.0 Å². The van der Waals surface area contributed by atoms with Gasteiger partial charge in [-0.15, -0.1) is 0 Å². The number of hydrogen-bond acceptors (Lipinski definition) is 4. The van der Waals surface area contributed by atoms with Crippen LogP contribution in [-0.4, -0.2) is 31.0 Å². The molecule has 0 amide bonds. The molecule has 0 aliphatic rings. The summed E-state index contributed by atoms with van der Waals surface area (Å²) in [6, 6.07) is 8.35. The number of carbonyl (C=O) groups is 1. The summed E-state index contributed by atoms with van der Waals surface area (Å²) in [5.41, 5.74) is 0.914. The molecule has 2 N–H and O–H groups in total. The smallest absolute Gasteiger partial charge is 0.303 e. The van der Waals surface area contributed by atoms with Crippen LogP contribution in [-0.2, 0) is 14.8 Å². The Morgan fingerprint density at radius 2 is 1.89 bits per heavy atom. The minimum absolute atomic E-state index is 0.00953. The largest absolute Gasteiger partial charge is 0.481 e. The predicted octanol–water partition coefficient (Wildman–Crippen LogP) is 3.32. The van der Waals surface area contributed by atoms with E-state index < -0.39 is 21.8 Å². The van der Waals surface area contributed by atoms with E-state index in [0.29, 0.717) is 12.8 Å². The number of nitrogens with one attached hydrogen (secondary N) is 1. The Hall–Kier alpha value is -2.32. The quantitative estimate of drug-likeness (QED) is 0.570. The van der Waals surface area contributed by atoms with Crippen LogP contribution in [0, 0.1) is 5.82 Å². The van der Waals surface area contributed by atoms with Gasteiger partial charge in [0.15, 0.2) is 0 Å². The van der Waals surface area contributed by atoms with Crippen molar-refractivity contribution in [3.63, 3.8) is 0 Å². The summed E-state index contributed by atoms with van der Waals surface area (Å²) in [4.78, 5) is 14.7. The van der Waals surface area contributed by atoms with Crippen LogP contribution in [0.25, 0.3) is 0 Å². The zero-order valence-electron chi connectivity index (χ0n) is 14.8. The molecule has 146 valence electrons. The number of benzene rings is 1. The fourth-order valence-corrected chi connectivity index (χ4v) is 3.84. The van der Waals surface area contributed by atoms with Gasteiger partial charge in [0.05, 0.1) is 4.90 Å². The summed E-state index contributed by atoms with van der Waals surface area (Å²) in [5.74, 6) is -1.40. The van der Waals surface area contributed by atoms with Gasteiger partial charge in [-0.3, -0.25) is 9.78 Å². The number of aliphatic carboxylic acids is 1. The van der Waals surface area contributed by atoms with Crippen LogP contribution in [0.1, 0.15) is 43.6 Å². The molecule has 0 aliphatic carbocycles. The average molecular weight is 394 g/mol. The normalized spacial score (nSPS) is 12.6. The summed E-state index contributed by atoms with van der Waals surface area (Å²) in [7, 11) is -3.74. The first-order valence-electron chi connectivity index (χ1n) is 8.75. The average Bonchev–Trinajstić information content (AvgIpc) is 2.64. The first-order chi connectivity index (χ1) is 12.9. The molecule has 0 radical (unpaired) electrons. The van der Waals surface area contributed by atoms with Crippen LogP contribution >= 0.6 is 0 Å².